The van der Waals surface area contributed by atoms with E-state index in [4.69, 9.17) is 5.11 Å². The molecule has 1 atom stereocenters. The molecular formula is C8H11N3O3. The summed E-state index contributed by atoms with van der Waals surface area (Å²) in [4.78, 5) is 21.4. The van der Waals surface area contributed by atoms with Crippen molar-refractivity contribution in [3.8, 4) is 0 Å². The molecule has 6 nitrogen and oxygen atoms in total. The minimum Gasteiger partial charge on any atom is -0.480 e. The van der Waals surface area contributed by atoms with Gasteiger partial charge in [0.2, 0.25) is 5.91 Å². The maximum Gasteiger partial charge on any atom is 0.328 e. The third-order valence-corrected chi connectivity index (χ3v) is 1.60. The summed E-state index contributed by atoms with van der Waals surface area (Å²) in [6, 6.07) is 0.750. The van der Waals surface area contributed by atoms with Crippen LogP contribution in [0.2, 0.25) is 0 Å². The van der Waals surface area contributed by atoms with Crippen LogP contribution in [0.3, 0.4) is 0 Å². The predicted octanol–water partition coefficient (Wildman–Crippen LogP) is -0.528. The van der Waals surface area contributed by atoms with Crippen molar-refractivity contribution >= 4 is 11.9 Å². The summed E-state index contributed by atoms with van der Waals surface area (Å²) < 4.78 is 1.45. The van der Waals surface area contributed by atoms with E-state index in [1.807, 2.05) is 0 Å². The second-order valence-corrected chi connectivity index (χ2v) is 2.82. The summed E-state index contributed by atoms with van der Waals surface area (Å²) in [6.07, 6.45) is 3.18. The summed E-state index contributed by atoms with van der Waals surface area (Å²) in [7, 11) is 0. The van der Waals surface area contributed by atoms with Crippen LogP contribution in [0.1, 0.15) is 6.92 Å². The maximum absolute atomic E-state index is 10.7. The number of aromatic nitrogens is 2. The van der Waals surface area contributed by atoms with Crippen molar-refractivity contribution in [2.45, 2.75) is 19.5 Å². The monoisotopic (exact) mass is 197 g/mol. The van der Waals surface area contributed by atoms with E-state index >= 15 is 0 Å². The van der Waals surface area contributed by atoms with Crippen molar-refractivity contribution in [1.82, 2.24) is 15.1 Å². The first-order chi connectivity index (χ1) is 6.59. The van der Waals surface area contributed by atoms with Crippen molar-refractivity contribution in [3.63, 3.8) is 0 Å². The van der Waals surface area contributed by atoms with Gasteiger partial charge in [-0.05, 0) is 6.07 Å². The average Bonchev–Trinajstić information content (AvgIpc) is 2.54. The van der Waals surface area contributed by atoms with Crippen LogP contribution in [0.4, 0.5) is 0 Å². The molecule has 1 heterocycles. The molecule has 0 saturated carbocycles. The van der Waals surface area contributed by atoms with Gasteiger partial charge in [-0.25, -0.2) is 4.79 Å². The Labute approximate surface area is 80.5 Å². The number of carbonyl (C=O) groups excluding carboxylic acids is 1. The highest BCUT2D eigenvalue weighted by Gasteiger charge is 2.18. The van der Waals surface area contributed by atoms with Crippen molar-refractivity contribution in [3.05, 3.63) is 18.5 Å². The average molecular weight is 197 g/mol. The summed E-state index contributed by atoms with van der Waals surface area (Å²) in [5, 5.41) is 14.9. The first kappa shape index (κ1) is 10.2. The molecule has 0 unspecified atom stereocenters. The van der Waals surface area contributed by atoms with Crippen LogP contribution in [0.25, 0.3) is 0 Å². The summed E-state index contributed by atoms with van der Waals surface area (Å²) in [5.74, 6) is -1.44. The van der Waals surface area contributed by atoms with Gasteiger partial charge in [-0.1, -0.05) is 0 Å². The third kappa shape index (κ3) is 2.89. The van der Waals surface area contributed by atoms with Gasteiger partial charge in [-0.15, -0.1) is 0 Å². The van der Waals surface area contributed by atoms with Gasteiger partial charge >= 0.3 is 5.97 Å². The molecule has 0 spiro atoms. The number of carboxylic acids is 1. The normalized spacial score (nSPS) is 12.1. The van der Waals surface area contributed by atoms with Crippen LogP contribution >= 0.6 is 0 Å². The van der Waals surface area contributed by atoms with E-state index < -0.39 is 12.0 Å². The molecule has 6 heteroatoms. The molecule has 1 amide bonds. The van der Waals surface area contributed by atoms with Crippen LogP contribution in [0, 0.1) is 0 Å². The van der Waals surface area contributed by atoms with Crippen LogP contribution in [-0.4, -0.2) is 32.8 Å². The van der Waals surface area contributed by atoms with Gasteiger partial charge in [-0.2, -0.15) is 5.10 Å². The minimum atomic E-state index is -1.07. The SMILES string of the molecule is CC(=O)N[C@@H](Cn1cccn1)C(=O)O. The lowest BCUT2D eigenvalue weighted by Crippen LogP contribution is -2.42. The van der Waals surface area contributed by atoms with Gasteiger partial charge in [0.25, 0.3) is 0 Å². The van der Waals surface area contributed by atoms with Crippen LogP contribution < -0.4 is 5.32 Å². The number of amides is 1. The number of rotatable bonds is 4. The van der Waals surface area contributed by atoms with Crippen LogP contribution in [-0.2, 0) is 16.1 Å². The lowest BCUT2D eigenvalue weighted by atomic mass is 10.3. The van der Waals surface area contributed by atoms with E-state index in [9.17, 15) is 9.59 Å². The Bertz CT molecular complexity index is 321. The molecule has 0 aliphatic rings. The molecule has 14 heavy (non-hydrogen) atoms. The molecule has 76 valence electrons. The van der Waals surface area contributed by atoms with Crippen molar-refractivity contribution in [2.75, 3.05) is 0 Å². The van der Waals surface area contributed by atoms with E-state index in [1.165, 1.54) is 11.6 Å². The highest BCUT2D eigenvalue weighted by atomic mass is 16.4. The van der Waals surface area contributed by atoms with Crippen molar-refractivity contribution in [2.24, 2.45) is 0 Å². The van der Waals surface area contributed by atoms with Gasteiger partial charge in [0.1, 0.15) is 6.04 Å². The number of nitrogens with one attached hydrogen (secondary N) is 1. The number of nitrogens with zero attached hydrogens (tertiary/aromatic N) is 2. The highest BCUT2D eigenvalue weighted by Crippen LogP contribution is 1.92. The van der Waals surface area contributed by atoms with E-state index in [-0.39, 0.29) is 12.5 Å². The molecule has 0 aromatic carbocycles. The van der Waals surface area contributed by atoms with Gasteiger partial charge in [0.15, 0.2) is 0 Å². The second-order valence-electron chi connectivity index (χ2n) is 2.82. The topological polar surface area (TPSA) is 84.2 Å². The molecule has 0 saturated heterocycles. The second kappa shape index (κ2) is 4.40. The van der Waals surface area contributed by atoms with Crippen molar-refractivity contribution < 1.29 is 14.7 Å². The largest absolute Gasteiger partial charge is 0.480 e. The number of carboxylic acid groups (broad SMARTS) is 1. The zero-order valence-corrected chi connectivity index (χ0v) is 7.67. The zero-order valence-electron chi connectivity index (χ0n) is 7.67. The first-order valence-corrected chi connectivity index (χ1v) is 4.07. The fraction of sp³-hybridized carbons (Fsp3) is 0.375. The summed E-state index contributed by atoms with van der Waals surface area (Å²) >= 11 is 0. The Morgan fingerprint density at radius 2 is 2.36 bits per heavy atom. The Balaban J connectivity index is 2.60. The molecule has 1 aromatic heterocycles. The van der Waals surface area contributed by atoms with Gasteiger partial charge in [0.05, 0.1) is 6.54 Å². The maximum atomic E-state index is 10.7. The summed E-state index contributed by atoms with van der Waals surface area (Å²) in [5.41, 5.74) is 0. The molecule has 0 bridgehead atoms. The Kier molecular flexibility index (Phi) is 3.22. The fourth-order valence-electron chi connectivity index (χ4n) is 1.03. The molecule has 0 fully saturated rings. The number of aliphatic carboxylic acids is 1. The number of carbonyl (C=O) groups is 2. The first-order valence-electron chi connectivity index (χ1n) is 4.07. The van der Waals surface area contributed by atoms with E-state index in [0.717, 1.165) is 0 Å². The Morgan fingerprint density at radius 1 is 1.64 bits per heavy atom. The predicted molar refractivity (Wildman–Crippen MR) is 47.5 cm³/mol. The standard InChI is InChI=1S/C8H11N3O3/c1-6(12)10-7(8(13)14)5-11-4-2-3-9-11/h2-4,7H,5H2,1H3,(H,10,12)(H,13,14)/t7-/m0/s1. The summed E-state index contributed by atoms with van der Waals surface area (Å²) in [6.45, 7) is 1.40. The van der Waals surface area contributed by atoms with E-state index in [1.54, 1.807) is 18.5 Å². The zero-order chi connectivity index (χ0) is 10.6. The lowest BCUT2D eigenvalue weighted by Gasteiger charge is -2.12. The van der Waals surface area contributed by atoms with Gasteiger partial charge in [0, 0.05) is 19.3 Å². The fourth-order valence-corrected chi connectivity index (χ4v) is 1.03. The molecule has 2 N–H and O–H groups in total. The Hall–Kier alpha value is -1.85. The van der Waals surface area contributed by atoms with E-state index in [2.05, 4.69) is 10.4 Å². The van der Waals surface area contributed by atoms with Gasteiger partial charge in [-0.3, -0.25) is 9.48 Å². The molecular weight excluding hydrogens is 186 g/mol. The van der Waals surface area contributed by atoms with Crippen LogP contribution in [0.5, 0.6) is 0 Å². The van der Waals surface area contributed by atoms with Crippen LogP contribution in [0.15, 0.2) is 18.5 Å². The number of hydrogen-bond donors (Lipinski definition) is 2. The Morgan fingerprint density at radius 3 is 2.79 bits per heavy atom. The molecule has 1 aromatic rings. The lowest BCUT2D eigenvalue weighted by molar-refractivity contribution is -0.142. The third-order valence-electron chi connectivity index (χ3n) is 1.60. The van der Waals surface area contributed by atoms with Gasteiger partial charge < -0.3 is 10.4 Å². The van der Waals surface area contributed by atoms with Crippen molar-refractivity contribution in [1.29, 1.82) is 0 Å². The molecule has 0 aliphatic carbocycles. The smallest absolute Gasteiger partial charge is 0.328 e. The molecule has 0 radical (unpaired) electrons. The minimum absolute atomic E-state index is 0.127. The van der Waals surface area contributed by atoms with E-state index in [0.29, 0.717) is 0 Å². The highest BCUT2D eigenvalue weighted by molar-refractivity contribution is 5.81. The molecule has 1 rings (SSSR count). The molecule has 0 aliphatic heterocycles. The quantitative estimate of drug-likeness (QED) is 0.679. The number of hydrogen-bond acceptors (Lipinski definition) is 3.